The second-order valence-electron chi connectivity index (χ2n) is 8.52. The van der Waals surface area contributed by atoms with Gasteiger partial charge in [-0.05, 0) is 25.0 Å². The fourth-order valence-electron chi connectivity index (χ4n) is 4.46. The highest BCUT2D eigenvalue weighted by atomic mass is 16.5. The van der Waals surface area contributed by atoms with E-state index in [1.807, 2.05) is 28.0 Å². The van der Waals surface area contributed by atoms with Gasteiger partial charge in [0.25, 0.3) is 0 Å². The van der Waals surface area contributed by atoms with Crippen molar-refractivity contribution in [2.75, 3.05) is 58.4 Å². The molecule has 0 saturated carbocycles. The third kappa shape index (κ3) is 5.73. The molecule has 2 aromatic rings. The third-order valence-electron chi connectivity index (χ3n) is 6.49. The number of hydrogen-bond acceptors (Lipinski definition) is 8. The number of carbonyl (C=O) groups is 2. The van der Waals surface area contributed by atoms with E-state index in [2.05, 4.69) is 19.9 Å². The zero-order chi connectivity index (χ0) is 23.9. The van der Waals surface area contributed by atoms with Crippen LogP contribution in [0.3, 0.4) is 0 Å². The third-order valence-corrected chi connectivity index (χ3v) is 6.49. The molecule has 0 N–H and O–H groups in total. The molecule has 2 aromatic heterocycles. The van der Waals surface area contributed by atoms with E-state index < -0.39 is 0 Å². The summed E-state index contributed by atoms with van der Waals surface area (Å²) in [4.78, 5) is 44.6. The first kappa shape index (κ1) is 23.7. The van der Waals surface area contributed by atoms with Crippen LogP contribution < -0.4 is 14.4 Å². The van der Waals surface area contributed by atoms with Gasteiger partial charge in [0.2, 0.25) is 23.6 Å². The zero-order valence-corrected chi connectivity index (χ0v) is 19.9. The van der Waals surface area contributed by atoms with Gasteiger partial charge in [0, 0.05) is 64.2 Å². The highest BCUT2D eigenvalue weighted by Gasteiger charge is 2.28. The lowest BCUT2D eigenvalue weighted by Crippen LogP contribution is -2.49. The lowest BCUT2D eigenvalue weighted by molar-refractivity contribution is -0.137. The van der Waals surface area contributed by atoms with Gasteiger partial charge in [0.1, 0.15) is 11.6 Å². The van der Waals surface area contributed by atoms with Crippen molar-refractivity contribution < 1.29 is 19.1 Å². The number of methoxy groups -OCH3 is 2. The van der Waals surface area contributed by atoms with Gasteiger partial charge < -0.3 is 24.2 Å². The topological polar surface area (TPSA) is 101 Å². The minimum absolute atomic E-state index is 0.0306. The molecule has 2 saturated heterocycles. The number of pyridine rings is 1. The van der Waals surface area contributed by atoms with E-state index in [1.54, 1.807) is 26.5 Å². The standard InChI is InChI=1S/C24H32N6O4/c1-33-20-17-21(34-2)27-24(26-20)18-8-11-29(12-9-18)22(31)6-7-23(32)30-15-13-28(14-16-30)19-5-3-4-10-25-19/h3-5,10,17-18H,6-9,11-16H2,1-2H3. The molecule has 0 spiro atoms. The number of rotatable bonds is 7. The number of amides is 2. The van der Waals surface area contributed by atoms with Crippen LogP contribution in [0.2, 0.25) is 0 Å². The van der Waals surface area contributed by atoms with Gasteiger partial charge in [-0.2, -0.15) is 9.97 Å². The Bertz CT molecular complexity index is 950. The van der Waals surface area contributed by atoms with Crippen LogP contribution in [0.4, 0.5) is 5.82 Å². The summed E-state index contributed by atoms with van der Waals surface area (Å²) < 4.78 is 10.5. The van der Waals surface area contributed by atoms with Gasteiger partial charge in [-0.1, -0.05) is 6.07 Å². The van der Waals surface area contributed by atoms with Crippen molar-refractivity contribution in [2.45, 2.75) is 31.6 Å². The Morgan fingerprint density at radius 1 is 0.882 bits per heavy atom. The number of piperidine rings is 1. The average Bonchev–Trinajstić information content (AvgIpc) is 2.91. The molecule has 34 heavy (non-hydrogen) atoms. The Morgan fingerprint density at radius 3 is 2.00 bits per heavy atom. The number of likely N-dealkylation sites (tertiary alicyclic amines) is 1. The molecule has 2 fully saturated rings. The van der Waals surface area contributed by atoms with Crippen molar-refractivity contribution in [2.24, 2.45) is 0 Å². The van der Waals surface area contributed by atoms with E-state index in [1.165, 1.54) is 0 Å². The SMILES string of the molecule is COc1cc(OC)nc(C2CCN(C(=O)CCC(=O)N3CCN(c4ccccn4)CC3)CC2)n1. The maximum atomic E-state index is 12.7. The molecule has 0 radical (unpaired) electrons. The molecule has 0 unspecified atom stereocenters. The van der Waals surface area contributed by atoms with E-state index in [0.29, 0.717) is 43.8 Å². The van der Waals surface area contributed by atoms with Gasteiger partial charge >= 0.3 is 0 Å². The van der Waals surface area contributed by atoms with Gasteiger partial charge in [-0.25, -0.2) is 4.98 Å². The fourth-order valence-corrected chi connectivity index (χ4v) is 4.46. The van der Waals surface area contributed by atoms with Crippen LogP contribution >= 0.6 is 0 Å². The summed E-state index contributed by atoms with van der Waals surface area (Å²) in [6.07, 6.45) is 3.81. The molecular weight excluding hydrogens is 436 g/mol. The Morgan fingerprint density at radius 2 is 1.47 bits per heavy atom. The van der Waals surface area contributed by atoms with Gasteiger partial charge in [0.05, 0.1) is 20.3 Å². The molecule has 0 bridgehead atoms. The second-order valence-corrected chi connectivity index (χ2v) is 8.52. The Kier molecular flexibility index (Phi) is 7.76. The molecule has 4 heterocycles. The van der Waals surface area contributed by atoms with Gasteiger partial charge in [-0.15, -0.1) is 0 Å². The van der Waals surface area contributed by atoms with E-state index in [-0.39, 0.29) is 30.6 Å². The van der Waals surface area contributed by atoms with Crippen molar-refractivity contribution in [3.05, 3.63) is 36.3 Å². The first-order valence-corrected chi connectivity index (χ1v) is 11.8. The zero-order valence-electron chi connectivity index (χ0n) is 19.9. The van der Waals surface area contributed by atoms with Crippen LogP contribution in [0.1, 0.15) is 37.4 Å². The Labute approximate surface area is 199 Å². The molecule has 2 aliphatic heterocycles. The van der Waals surface area contributed by atoms with E-state index >= 15 is 0 Å². The molecule has 182 valence electrons. The van der Waals surface area contributed by atoms with Crippen LogP contribution in [0.5, 0.6) is 11.8 Å². The smallest absolute Gasteiger partial charge is 0.223 e. The maximum Gasteiger partial charge on any atom is 0.223 e. The van der Waals surface area contributed by atoms with Crippen LogP contribution in [0.25, 0.3) is 0 Å². The quantitative estimate of drug-likeness (QED) is 0.606. The predicted molar refractivity (Wildman–Crippen MR) is 126 cm³/mol. The van der Waals surface area contributed by atoms with E-state index in [0.717, 1.165) is 31.7 Å². The normalized spacial score (nSPS) is 16.9. The highest BCUT2D eigenvalue weighted by molar-refractivity contribution is 5.84. The second kappa shape index (κ2) is 11.1. The molecule has 0 aromatic carbocycles. The van der Waals surface area contributed by atoms with Gasteiger partial charge in [-0.3, -0.25) is 9.59 Å². The van der Waals surface area contributed by atoms with Crippen molar-refractivity contribution in [3.8, 4) is 11.8 Å². The van der Waals surface area contributed by atoms with Crippen molar-refractivity contribution in [3.63, 3.8) is 0 Å². The number of piperazine rings is 1. The van der Waals surface area contributed by atoms with Crippen LogP contribution in [-0.4, -0.2) is 90.1 Å². The minimum atomic E-state index is 0.0306. The maximum absolute atomic E-state index is 12.7. The summed E-state index contributed by atoms with van der Waals surface area (Å²) >= 11 is 0. The molecule has 0 atom stereocenters. The minimum Gasteiger partial charge on any atom is -0.481 e. The van der Waals surface area contributed by atoms with E-state index in [9.17, 15) is 9.59 Å². The van der Waals surface area contributed by atoms with Crippen molar-refractivity contribution in [1.82, 2.24) is 24.8 Å². The number of nitrogens with zero attached hydrogens (tertiary/aromatic N) is 6. The van der Waals surface area contributed by atoms with Crippen molar-refractivity contribution in [1.29, 1.82) is 0 Å². The lowest BCUT2D eigenvalue weighted by atomic mass is 9.95. The number of carbonyl (C=O) groups excluding carboxylic acids is 2. The highest BCUT2D eigenvalue weighted by Crippen LogP contribution is 2.29. The molecule has 2 amide bonds. The molecule has 2 aliphatic rings. The fraction of sp³-hybridized carbons (Fsp3) is 0.542. The first-order valence-electron chi connectivity index (χ1n) is 11.8. The number of ether oxygens (including phenoxy) is 2. The van der Waals surface area contributed by atoms with Crippen LogP contribution in [0.15, 0.2) is 30.5 Å². The van der Waals surface area contributed by atoms with Crippen LogP contribution in [0, 0.1) is 0 Å². The van der Waals surface area contributed by atoms with Crippen molar-refractivity contribution >= 4 is 17.6 Å². The van der Waals surface area contributed by atoms with Gasteiger partial charge in [0.15, 0.2) is 0 Å². The number of hydrogen-bond donors (Lipinski definition) is 0. The molecular formula is C24H32N6O4. The number of aromatic nitrogens is 3. The molecule has 4 rings (SSSR count). The summed E-state index contributed by atoms with van der Waals surface area (Å²) in [6.45, 7) is 4.06. The average molecular weight is 469 g/mol. The summed E-state index contributed by atoms with van der Waals surface area (Å²) in [5.41, 5.74) is 0. The summed E-state index contributed by atoms with van der Waals surface area (Å²) in [5.74, 6) is 2.78. The predicted octanol–water partition coefficient (Wildman–Crippen LogP) is 1.72. The summed E-state index contributed by atoms with van der Waals surface area (Å²) in [7, 11) is 3.13. The Hall–Kier alpha value is -3.43. The largest absolute Gasteiger partial charge is 0.481 e. The number of anilines is 1. The lowest BCUT2D eigenvalue weighted by Gasteiger charge is -2.35. The Balaban J connectivity index is 1.21. The van der Waals surface area contributed by atoms with Crippen LogP contribution in [-0.2, 0) is 9.59 Å². The summed E-state index contributed by atoms with van der Waals surface area (Å²) in [6, 6.07) is 7.50. The van der Waals surface area contributed by atoms with E-state index in [4.69, 9.17) is 9.47 Å². The monoisotopic (exact) mass is 468 g/mol. The molecule has 10 nitrogen and oxygen atoms in total. The molecule has 0 aliphatic carbocycles. The molecule has 10 heteroatoms. The summed E-state index contributed by atoms with van der Waals surface area (Å²) in [5, 5.41) is 0. The first-order chi connectivity index (χ1) is 16.6.